The molecule has 1 atom stereocenters. The highest BCUT2D eigenvalue weighted by molar-refractivity contribution is 8.00. The van der Waals surface area contributed by atoms with Gasteiger partial charge < -0.3 is 9.72 Å². The molecule has 0 aromatic carbocycles. The van der Waals surface area contributed by atoms with Crippen molar-refractivity contribution in [1.82, 2.24) is 9.97 Å². The van der Waals surface area contributed by atoms with Gasteiger partial charge in [-0.1, -0.05) is 25.1 Å². The van der Waals surface area contributed by atoms with Crippen LogP contribution in [0.4, 0.5) is 0 Å². The largest absolute Gasteiger partial charge is 0.465 e. The van der Waals surface area contributed by atoms with Crippen LogP contribution in [0.1, 0.15) is 25.5 Å². The third kappa shape index (κ3) is 3.09. The van der Waals surface area contributed by atoms with Crippen LogP contribution >= 0.6 is 11.8 Å². The van der Waals surface area contributed by atoms with E-state index >= 15 is 0 Å². The number of carbonyl (C=O) groups is 1. The average molecular weight is 254 g/mol. The van der Waals surface area contributed by atoms with Crippen LogP contribution in [0.15, 0.2) is 16.0 Å². The predicted molar refractivity (Wildman–Crippen MR) is 64.1 cm³/mol. The number of hydrogen-bond donors (Lipinski definition) is 1. The molecule has 0 radical (unpaired) electrons. The zero-order valence-corrected chi connectivity index (χ0v) is 10.4. The maximum atomic E-state index is 11.4. The van der Waals surface area contributed by atoms with Gasteiger partial charge in [-0.2, -0.15) is 0 Å². The molecule has 1 aromatic heterocycles. The van der Waals surface area contributed by atoms with Crippen LogP contribution in [0, 0.1) is 0 Å². The zero-order valence-electron chi connectivity index (χ0n) is 9.56. The van der Waals surface area contributed by atoms with E-state index in [-0.39, 0.29) is 16.8 Å². The van der Waals surface area contributed by atoms with Gasteiger partial charge in [0.1, 0.15) is 5.25 Å². The molecule has 1 N–H and O–H groups in total. The van der Waals surface area contributed by atoms with Crippen molar-refractivity contribution >= 4 is 17.7 Å². The van der Waals surface area contributed by atoms with Gasteiger partial charge >= 0.3 is 5.97 Å². The number of aromatic nitrogens is 2. The Balaban J connectivity index is 2.14. The topological polar surface area (TPSA) is 72.1 Å². The molecule has 0 aliphatic carbocycles. The molecule has 2 heterocycles. The molecular formula is C11H14N2O3S. The molecule has 1 saturated heterocycles. The summed E-state index contributed by atoms with van der Waals surface area (Å²) in [6.07, 6.45) is 2.38. The van der Waals surface area contributed by atoms with Gasteiger partial charge in [0.2, 0.25) is 0 Å². The number of ether oxygens (including phenoxy) is 1. The van der Waals surface area contributed by atoms with E-state index in [1.165, 1.54) is 17.8 Å². The molecule has 1 fully saturated rings. The van der Waals surface area contributed by atoms with E-state index in [1.807, 2.05) is 6.92 Å². The fraction of sp³-hybridized carbons (Fsp3) is 0.545. The maximum Gasteiger partial charge on any atom is 0.319 e. The van der Waals surface area contributed by atoms with Gasteiger partial charge in [0.25, 0.3) is 5.56 Å². The summed E-state index contributed by atoms with van der Waals surface area (Å²) in [6.45, 7) is 2.49. The Hall–Kier alpha value is -1.30. The molecule has 0 spiro atoms. The van der Waals surface area contributed by atoms with Crippen molar-refractivity contribution in [3.8, 4) is 0 Å². The second kappa shape index (κ2) is 5.35. The number of rotatable bonds is 4. The Bertz CT molecular complexity index is 472. The average Bonchev–Trinajstić information content (AvgIpc) is 2.64. The molecule has 1 aliphatic rings. The number of thioether (sulfide) groups is 1. The first-order valence-corrected chi connectivity index (χ1v) is 6.50. The Labute approximate surface area is 103 Å². The molecule has 0 unspecified atom stereocenters. The van der Waals surface area contributed by atoms with Crippen molar-refractivity contribution < 1.29 is 9.53 Å². The number of carbonyl (C=O) groups excluding carboxylic acids is 1. The van der Waals surface area contributed by atoms with E-state index in [0.29, 0.717) is 18.2 Å². The lowest BCUT2D eigenvalue weighted by molar-refractivity contribution is -0.137. The molecule has 0 bridgehead atoms. The number of aryl methyl sites for hydroxylation is 1. The number of H-pyrrole nitrogens is 1. The predicted octanol–water partition coefficient (Wildman–Crippen LogP) is 1.13. The minimum Gasteiger partial charge on any atom is -0.465 e. The Morgan fingerprint density at radius 3 is 3.06 bits per heavy atom. The highest BCUT2D eigenvalue weighted by Gasteiger charge is 2.28. The molecule has 1 aliphatic heterocycles. The molecule has 92 valence electrons. The number of cyclic esters (lactones) is 1. The number of hydrogen-bond acceptors (Lipinski definition) is 5. The van der Waals surface area contributed by atoms with Crippen LogP contribution in [0.3, 0.4) is 0 Å². The minimum absolute atomic E-state index is 0.169. The van der Waals surface area contributed by atoms with Crippen LogP contribution < -0.4 is 5.56 Å². The first kappa shape index (κ1) is 12.2. The summed E-state index contributed by atoms with van der Waals surface area (Å²) in [5.41, 5.74) is 0.599. The molecule has 6 heteroatoms. The first-order valence-electron chi connectivity index (χ1n) is 5.62. The lowest BCUT2D eigenvalue weighted by Gasteiger charge is -2.05. The second-order valence-corrected chi connectivity index (χ2v) is 5.05. The maximum absolute atomic E-state index is 11.4. The van der Waals surface area contributed by atoms with Gasteiger partial charge in [-0.15, -0.1) is 0 Å². The van der Waals surface area contributed by atoms with E-state index in [4.69, 9.17) is 4.74 Å². The monoisotopic (exact) mass is 254 g/mol. The summed E-state index contributed by atoms with van der Waals surface area (Å²) in [5.74, 6) is -0.224. The standard InChI is InChI=1S/C11H14N2O3S/c1-2-3-7-6-9(14)13-11(12-7)17-8-4-5-16-10(8)15/h6,8H,2-5H2,1H3,(H,12,13,14)/t8-/m1/s1. The van der Waals surface area contributed by atoms with Crippen molar-refractivity contribution in [2.45, 2.75) is 36.6 Å². The lowest BCUT2D eigenvalue weighted by atomic mass is 10.2. The van der Waals surface area contributed by atoms with Crippen LogP contribution in [-0.4, -0.2) is 27.8 Å². The van der Waals surface area contributed by atoms with Crippen LogP contribution in [0.5, 0.6) is 0 Å². The third-order valence-corrected chi connectivity index (χ3v) is 3.55. The van der Waals surface area contributed by atoms with Gasteiger partial charge in [-0.25, -0.2) is 4.98 Å². The molecular weight excluding hydrogens is 240 g/mol. The fourth-order valence-corrected chi connectivity index (χ4v) is 2.62. The van der Waals surface area contributed by atoms with Gasteiger partial charge in [-0.05, 0) is 6.42 Å². The summed E-state index contributed by atoms with van der Waals surface area (Å²) in [5, 5.41) is 0.264. The van der Waals surface area contributed by atoms with Gasteiger partial charge in [0, 0.05) is 18.2 Å². The van der Waals surface area contributed by atoms with Gasteiger partial charge in [0.05, 0.1) is 6.61 Å². The summed E-state index contributed by atoms with van der Waals surface area (Å²) < 4.78 is 4.87. The number of nitrogens with zero attached hydrogens (tertiary/aromatic N) is 1. The minimum atomic E-state index is -0.241. The smallest absolute Gasteiger partial charge is 0.319 e. The normalized spacial score (nSPS) is 19.4. The van der Waals surface area contributed by atoms with Crippen molar-refractivity contribution in [3.63, 3.8) is 0 Å². The van der Waals surface area contributed by atoms with Crippen LogP contribution in [0.2, 0.25) is 0 Å². The Morgan fingerprint density at radius 2 is 2.41 bits per heavy atom. The lowest BCUT2D eigenvalue weighted by Crippen LogP contribution is -2.14. The Morgan fingerprint density at radius 1 is 1.59 bits per heavy atom. The second-order valence-electron chi connectivity index (χ2n) is 3.85. The van der Waals surface area contributed by atoms with Crippen molar-refractivity contribution in [1.29, 1.82) is 0 Å². The molecule has 1 aromatic rings. The highest BCUT2D eigenvalue weighted by atomic mass is 32.2. The van der Waals surface area contributed by atoms with Crippen LogP contribution in [-0.2, 0) is 16.0 Å². The third-order valence-electron chi connectivity index (χ3n) is 2.42. The van der Waals surface area contributed by atoms with Gasteiger partial charge in [0.15, 0.2) is 5.16 Å². The number of aromatic amines is 1. The van der Waals surface area contributed by atoms with E-state index in [2.05, 4.69) is 9.97 Å². The SMILES string of the molecule is CCCc1cc(=O)[nH]c(S[C@@H]2CCOC2=O)n1. The molecule has 0 saturated carbocycles. The van der Waals surface area contributed by atoms with E-state index in [1.54, 1.807) is 0 Å². The fourth-order valence-electron chi connectivity index (χ4n) is 1.64. The highest BCUT2D eigenvalue weighted by Crippen LogP contribution is 2.26. The summed E-state index contributed by atoms with van der Waals surface area (Å²) >= 11 is 1.27. The van der Waals surface area contributed by atoms with E-state index in [9.17, 15) is 9.59 Å². The van der Waals surface area contributed by atoms with Crippen molar-refractivity contribution in [2.75, 3.05) is 6.61 Å². The molecule has 5 nitrogen and oxygen atoms in total. The zero-order chi connectivity index (χ0) is 12.3. The first-order chi connectivity index (χ1) is 8.19. The van der Waals surface area contributed by atoms with Gasteiger partial charge in [-0.3, -0.25) is 9.59 Å². The quantitative estimate of drug-likeness (QED) is 0.644. The molecule has 17 heavy (non-hydrogen) atoms. The van der Waals surface area contributed by atoms with Crippen LogP contribution in [0.25, 0.3) is 0 Å². The van der Waals surface area contributed by atoms with E-state index < -0.39 is 0 Å². The van der Waals surface area contributed by atoms with E-state index in [0.717, 1.165) is 18.5 Å². The van der Waals surface area contributed by atoms with Crippen molar-refractivity contribution in [3.05, 3.63) is 22.1 Å². The summed E-state index contributed by atoms with van der Waals surface area (Å²) in [6, 6.07) is 1.50. The summed E-state index contributed by atoms with van der Waals surface area (Å²) in [4.78, 5) is 29.7. The summed E-state index contributed by atoms with van der Waals surface area (Å²) in [7, 11) is 0. The molecule has 0 amide bonds. The molecule has 2 rings (SSSR count). The van der Waals surface area contributed by atoms with Crippen molar-refractivity contribution in [2.24, 2.45) is 0 Å². The Kier molecular flexibility index (Phi) is 3.83. The number of esters is 1. The number of nitrogens with one attached hydrogen (secondary N) is 1.